The van der Waals surface area contributed by atoms with Crippen LogP contribution in [-0.2, 0) is 0 Å². The molecule has 0 spiro atoms. The van der Waals surface area contributed by atoms with Crippen LogP contribution >= 0.6 is 27.5 Å². The third kappa shape index (κ3) is 2.85. The van der Waals surface area contributed by atoms with Gasteiger partial charge in [0.05, 0.1) is 5.38 Å². The van der Waals surface area contributed by atoms with Crippen LogP contribution in [0.25, 0.3) is 0 Å². The summed E-state index contributed by atoms with van der Waals surface area (Å²) in [6.07, 6.45) is 0. The first-order valence-electron chi connectivity index (χ1n) is 4.92. The molecule has 0 amide bonds. The SMILES string of the molecule is Fc1ccc(C(Cl)c2ccc(Br)cc2)cc1F. The molecule has 0 aromatic heterocycles. The molecule has 0 saturated carbocycles. The number of rotatable bonds is 2. The van der Waals surface area contributed by atoms with Gasteiger partial charge in [-0.1, -0.05) is 34.1 Å². The molecular weight excluding hydrogens is 309 g/mol. The number of benzene rings is 2. The highest BCUT2D eigenvalue weighted by atomic mass is 79.9. The van der Waals surface area contributed by atoms with Gasteiger partial charge in [0, 0.05) is 4.47 Å². The maximum atomic E-state index is 13.1. The number of halogens is 4. The Morgan fingerprint density at radius 3 is 2.06 bits per heavy atom. The number of hydrogen-bond donors (Lipinski definition) is 0. The van der Waals surface area contributed by atoms with Crippen molar-refractivity contribution in [3.8, 4) is 0 Å². The van der Waals surface area contributed by atoms with Crippen molar-refractivity contribution in [2.75, 3.05) is 0 Å². The van der Waals surface area contributed by atoms with Crippen molar-refractivity contribution in [2.45, 2.75) is 5.38 Å². The van der Waals surface area contributed by atoms with Crippen molar-refractivity contribution in [1.82, 2.24) is 0 Å². The zero-order valence-corrected chi connectivity index (χ0v) is 11.0. The predicted molar refractivity (Wildman–Crippen MR) is 68.2 cm³/mol. The zero-order chi connectivity index (χ0) is 12.4. The first kappa shape index (κ1) is 12.5. The second-order valence-corrected chi connectivity index (χ2v) is 4.94. The highest BCUT2D eigenvalue weighted by Gasteiger charge is 2.13. The third-order valence-electron chi connectivity index (χ3n) is 2.40. The van der Waals surface area contributed by atoms with E-state index in [1.54, 1.807) is 0 Å². The topological polar surface area (TPSA) is 0 Å². The molecule has 17 heavy (non-hydrogen) atoms. The Morgan fingerprint density at radius 2 is 1.47 bits per heavy atom. The smallest absolute Gasteiger partial charge is 0.159 e. The van der Waals surface area contributed by atoms with Crippen molar-refractivity contribution >= 4 is 27.5 Å². The Bertz CT molecular complexity index is 525. The van der Waals surface area contributed by atoms with E-state index in [2.05, 4.69) is 15.9 Å². The van der Waals surface area contributed by atoms with Crippen molar-refractivity contribution in [3.63, 3.8) is 0 Å². The van der Waals surface area contributed by atoms with Gasteiger partial charge in [0.25, 0.3) is 0 Å². The summed E-state index contributed by atoms with van der Waals surface area (Å²) in [5.41, 5.74) is 1.37. The van der Waals surface area contributed by atoms with Gasteiger partial charge >= 0.3 is 0 Å². The van der Waals surface area contributed by atoms with Gasteiger partial charge < -0.3 is 0 Å². The maximum Gasteiger partial charge on any atom is 0.159 e. The molecule has 0 aliphatic carbocycles. The molecule has 2 aromatic rings. The monoisotopic (exact) mass is 316 g/mol. The molecule has 0 aliphatic rings. The van der Waals surface area contributed by atoms with Gasteiger partial charge in [-0.3, -0.25) is 0 Å². The molecule has 2 rings (SSSR count). The lowest BCUT2D eigenvalue weighted by Crippen LogP contribution is -1.95. The first-order valence-corrected chi connectivity index (χ1v) is 6.15. The van der Waals surface area contributed by atoms with Gasteiger partial charge in [-0.25, -0.2) is 8.78 Å². The van der Waals surface area contributed by atoms with Gasteiger partial charge in [-0.15, -0.1) is 11.6 Å². The Balaban J connectivity index is 2.33. The van der Waals surface area contributed by atoms with Crippen LogP contribution in [0.4, 0.5) is 8.78 Å². The molecule has 0 nitrogen and oxygen atoms in total. The van der Waals surface area contributed by atoms with E-state index in [0.29, 0.717) is 5.56 Å². The lowest BCUT2D eigenvalue weighted by atomic mass is 10.0. The molecule has 0 N–H and O–H groups in total. The van der Waals surface area contributed by atoms with Crippen LogP contribution in [0.1, 0.15) is 16.5 Å². The second-order valence-electron chi connectivity index (χ2n) is 3.59. The molecule has 0 saturated heterocycles. The summed E-state index contributed by atoms with van der Waals surface area (Å²) in [6, 6.07) is 11.1. The highest BCUT2D eigenvalue weighted by Crippen LogP contribution is 2.30. The van der Waals surface area contributed by atoms with Gasteiger partial charge in [-0.05, 0) is 35.4 Å². The maximum absolute atomic E-state index is 13.1. The predicted octanol–water partition coefficient (Wildman–Crippen LogP) is 5.06. The molecule has 4 heteroatoms. The van der Waals surface area contributed by atoms with Crippen LogP contribution < -0.4 is 0 Å². The minimum absolute atomic E-state index is 0.488. The van der Waals surface area contributed by atoms with Crippen molar-refractivity contribution in [1.29, 1.82) is 0 Å². The molecule has 0 bridgehead atoms. The molecule has 1 atom stereocenters. The van der Waals surface area contributed by atoms with Crippen LogP contribution in [0, 0.1) is 11.6 Å². The van der Waals surface area contributed by atoms with Crippen molar-refractivity contribution < 1.29 is 8.78 Å². The highest BCUT2D eigenvalue weighted by molar-refractivity contribution is 9.10. The largest absolute Gasteiger partial charge is 0.204 e. The van der Waals surface area contributed by atoms with Crippen LogP contribution in [0.15, 0.2) is 46.9 Å². The van der Waals surface area contributed by atoms with Crippen LogP contribution in [0.5, 0.6) is 0 Å². The van der Waals surface area contributed by atoms with Crippen LogP contribution in [0.2, 0.25) is 0 Å². The van der Waals surface area contributed by atoms with E-state index in [1.165, 1.54) is 6.07 Å². The Kier molecular flexibility index (Phi) is 3.79. The third-order valence-corrected chi connectivity index (χ3v) is 3.43. The molecule has 2 aromatic carbocycles. The van der Waals surface area contributed by atoms with E-state index in [9.17, 15) is 8.78 Å². The molecule has 0 heterocycles. The Labute approximate surface area is 111 Å². The number of alkyl halides is 1. The summed E-state index contributed by atoms with van der Waals surface area (Å²) in [5.74, 6) is -1.75. The van der Waals surface area contributed by atoms with E-state index in [1.807, 2.05) is 24.3 Å². The quantitative estimate of drug-likeness (QED) is 0.680. The first-order chi connectivity index (χ1) is 8.08. The zero-order valence-electron chi connectivity index (χ0n) is 8.63. The second kappa shape index (κ2) is 5.15. The fourth-order valence-electron chi connectivity index (χ4n) is 1.49. The number of hydrogen-bond acceptors (Lipinski definition) is 0. The van der Waals surface area contributed by atoms with Crippen molar-refractivity contribution in [2.24, 2.45) is 0 Å². The van der Waals surface area contributed by atoms with Gasteiger partial charge in [0.1, 0.15) is 0 Å². The van der Waals surface area contributed by atoms with Crippen LogP contribution in [0.3, 0.4) is 0 Å². The molecule has 0 radical (unpaired) electrons. The Morgan fingerprint density at radius 1 is 0.882 bits per heavy atom. The average molecular weight is 318 g/mol. The van der Waals surface area contributed by atoms with Crippen molar-refractivity contribution in [3.05, 3.63) is 69.7 Å². The van der Waals surface area contributed by atoms with Gasteiger partial charge in [0.15, 0.2) is 11.6 Å². The van der Waals surface area contributed by atoms with Gasteiger partial charge in [0.2, 0.25) is 0 Å². The molecule has 0 fully saturated rings. The fourth-order valence-corrected chi connectivity index (χ4v) is 2.04. The summed E-state index contributed by atoms with van der Waals surface area (Å²) in [5, 5.41) is -0.488. The summed E-state index contributed by atoms with van der Waals surface area (Å²) in [4.78, 5) is 0. The summed E-state index contributed by atoms with van der Waals surface area (Å²) in [6.45, 7) is 0. The summed E-state index contributed by atoms with van der Waals surface area (Å²) in [7, 11) is 0. The molecule has 0 aliphatic heterocycles. The Hall–Kier alpha value is -0.930. The standard InChI is InChI=1S/C13H8BrClF2/c14-10-4-1-8(2-5-10)13(15)9-3-6-11(16)12(17)7-9/h1-7,13H. The van der Waals surface area contributed by atoms with E-state index in [0.717, 1.165) is 22.2 Å². The normalized spacial score (nSPS) is 12.5. The van der Waals surface area contributed by atoms with Crippen LogP contribution in [-0.4, -0.2) is 0 Å². The van der Waals surface area contributed by atoms with E-state index >= 15 is 0 Å². The minimum Gasteiger partial charge on any atom is -0.204 e. The lowest BCUT2D eigenvalue weighted by Gasteiger charge is -2.10. The fraction of sp³-hybridized carbons (Fsp3) is 0.0769. The summed E-state index contributed by atoms with van der Waals surface area (Å²) < 4.78 is 26.8. The van der Waals surface area contributed by atoms with Gasteiger partial charge in [-0.2, -0.15) is 0 Å². The molecular formula is C13H8BrClF2. The lowest BCUT2D eigenvalue weighted by molar-refractivity contribution is 0.507. The van der Waals surface area contributed by atoms with E-state index in [4.69, 9.17) is 11.6 Å². The van der Waals surface area contributed by atoms with E-state index < -0.39 is 17.0 Å². The molecule has 1 unspecified atom stereocenters. The average Bonchev–Trinajstić information content (AvgIpc) is 2.33. The minimum atomic E-state index is -0.884. The molecule has 88 valence electrons. The van der Waals surface area contributed by atoms with E-state index in [-0.39, 0.29) is 0 Å². The summed E-state index contributed by atoms with van der Waals surface area (Å²) >= 11 is 9.52.